The average Bonchev–Trinajstić information content (AvgIpc) is 3.77. The van der Waals surface area contributed by atoms with Gasteiger partial charge >= 0.3 is 12.3 Å². The molecule has 4 N–H and O–H groups in total. The molecule has 0 amide bonds. The van der Waals surface area contributed by atoms with Gasteiger partial charge in [-0.25, -0.2) is 4.79 Å². The van der Waals surface area contributed by atoms with E-state index in [4.69, 9.17) is 57.5 Å². The van der Waals surface area contributed by atoms with Crippen LogP contribution in [0.3, 0.4) is 0 Å². The van der Waals surface area contributed by atoms with Gasteiger partial charge in [-0.1, -0.05) is 14.9 Å². The number of rotatable bonds is 9. The lowest BCUT2D eigenvalue weighted by atomic mass is 10.4. The van der Waals surface area contributed by atoms with Crippen molar-refractivity contribution in [2.75, 3.05) is 42.7 Å². The Morgan fingerprint density at radius 2 is 0.791 bits per heavy atom. The minimum Gasteiger partial charge on any atom is -0.461 e. The first-order valence-electron chi connectivity index (χ1n) is 11.4. The summed E-state index contributed by atoms with van der Waals surface area (Å²) in [6.45, 7) is 1.22. The lowest BCUT2D eigenvalue weighted by Crippen LogP contribution is -1.97. The fourth-order valence-electron chi connectivity index (χ4n) is 2.26. The Morgan fingerprint density at radius 3 is 0.953 bits per heavy atom. The third-order valence-corrected chi connectivity index (χ3v) is 3.81. The summed E-state index contributed by atoms with van der Waals surface area (Å²) in [5.41, 5.74) is 0. The summed E-state index contributed by atoms with van der Waals surface area (Å²) in [4.78, 5) is 26.0. The van der Waals surface area contributed by atoms with Crippen molar-refractivity contribution in [1.29, 1.82) is 0 Å². The minimum absolute atomic E-state index is 0. The molecule has 0 aliphatic rings. The molecular formula is C28H48O15. The highest BCUT2D eigenvalue weighted by molar-refractivity contribution is 5.59. The summed E-state index contributed by atoms with van der Waals surface area (Å²) in [6.07, 6.45) is -0.407. The Balaban J connectivity index is -0.000000142. The predicted molar refractivity (Wildman–Crippen MR) is 152 cm³/mol. The van der Waals surface area contributed by atoms with Crippen molar-refractivity contribution in [3.05, 3.63) is 71.0 Å². The Kier molecular flexibility index (Phi) is 41.2. The standard InChI is InChI=1S/C8H12O3.C7H10O3.C6H8O3.C3H6O3.CO2.CH4O.2CH4/c1-9-5-7-3-4-8(11-7)6-10-2;1-9-5-7-3-2-6(4-8)10-7;7-3-5-1-2-6(4-8)9-5;1-5-3(4)6-2;2-1-3;1-2;;/h3-4H,5-6H2,1-2H3;2-3,8H,4-5H2,1H3;1-2,7-8H,3-4H2;1-2H3;;2H,1H3;2*1H4. The molecule has 0 fully saturated rings. The maximum Gasteiger partial charge on any atom is 0.507 e. The van der Waals surface area contributed by atoms with E-state index in [0.29, 0.717) is 37.1 Å². The third-order valence-electron chi connectivity index (χ3n) is 3.81. The van der Waals surface area contributed by atoms with E-state index in [2.05, 4.69) is 9.47 Å². The van der Waals surface area contributed by atoms with E-state index in [1.165, 1.54) is 14.2 Å². The number of hydrogen-bond acceptors (Lipinski definition) is 15. The molecule has 0 aliphatic carbocycles. The van der Waals surface area contributed by atoms with E-state index in [9.17, 15) is 4.79 Å². The molecule has 0 saturated carbocycles. The molecule has 0 saturated heterocycles. The summed E-state index contributed by atoms with van der Waals surface area (Å²) < 4.78 is 38.0. The molecule has 0 bridgehead atoms. The molecule has 43 heavy (non-hydrogen) atoms. The number of methoxy groups -OCH3 is 5. The fourth-order valence-corrected chi connectivity index (χ4v) is 2.26. The van der Waals surface area contributed by atoms with E-state index in [1.807, 2.05) is 12.1 Å². The van der Waals surface area contributed by atoms with E-state index >= 15 is 0 Å². The summed E-state index contributed by atoms with van der Waals surface area (Å²) in [7, 11) is 8.38. The molecule has 0 unspecified atom stereocenters. The lowest BCUT2D eigenvalue weighted by Gasteiger charge is -1.93. The van der Waals surface area contributed by atoms with Crippen LogP contribution in [0.5, 0.6) is 0 Å². The van der Waals surface area contributed by atoms with Gasteiger partial charge in [0.25, 0.3) is 0 Å². The number of aliphatic hydroxyl groups is 4. The number of hydrogen-bond donors (Lipinski definition) is 4. The van der Waals surface area contributed by atoms with Crippen molar-refractivity contribution < 1.29 is 71.7 Å². The molecule has 3 aromatic heterocycles. The molecule has 15 heteroatoms. The molecule has 0 atom stereocenters. The van der Waals surface area contributed by atoms with Crippen molar-refractivity contribution >= 4 is 12.3 Å². The van der Waals surface area contributed by atoms with Crippen molar-refractivity contribution in [1.82, 2.24) is 0 Å². The predicted octanol–water partition coefficient (Wildman–Crippen LogP) is 3.45. The van der Waals surface area contributed by atoms with Crippen LogP contribution in [0, 0.1) is 0 Å². The van der Waals surface area contributed by atoms with E-state index in [0.717, 1.165) is 24.4 Å². The summed E-state index contributed by atoms with van der Waals surface area (Å²) in [5, 5.41) is 32.5. The third kappa shape index (κ3) is 28.1. The first-order valence-corrected chi connectivity index (χ1v) is 11.4. The zero-order valence-corrected chi connectivity index (χ0v) is 24.0. The molecule has 15 nitrogen and oxygen atoms in total. The van der Waals surface area contributed by atoms with E-state index in [1.54, 1.807) is 45.6 Å². The van der Waals surface area contributed by atoms with Crippen molar-refractivity contribution in [2.24, 2.45) is 0 Å². The molecule has 0 aromatic carbocycles. The first-order chi connectivity index (χ1) is 19.8. The van der Waals surface area contributed by atoms with E-state index < -0.39 is 6.16 Å². The molecule has 250 valence electrons. The molecule has 0 spiro atoms. The molecular weight excluding hydrogens is 576 g/mol. The van der Waals surface area contributed by atoms with Gasteiger partial charge in [-0.05, 0) is 36.4 Å². The van der Waals surface area contributed by atoms with Gasteiger partial charge in [0, 0.05) is 28.4 Å². The van der Waals surface area contributed by atoms with Crippen molar-refractivity contribution in [3.63, 3.8) is 0 Å². The molecule has 3 aromatic rings. The van der Waals surface area contributed by atoms with Gasteiger partial charge in [-0.15, -0.1) is 0 Å². The van der Waals surface area contributed by atoms with Gasteiger partial charge < -0.3 is 57.4 Å². The average molecular weight is 625 g/mol. The quantitative estimate of drug-likeness (QED) is 0.251. The van der Waals surface area contributed by atoms with Crippen molar-refractivity contribution in [3.8, 4) is 0 Å². The summed E-state index contributed by atoms with van der Waals surface area (Å²) in [5.74, 6) is 3.95. The largest absolute Gasteiger partial charge is 0.507 e. The van der Waals surface area contributed by atoms with Crippen LogP contribution < -0.4 is 0 Å². The summed E-state index contributed by atoms with van der Waals surface area (Å²) in [6, 6.07) is 10.6. The summed E-state index contributed by atoms with van der Waals surface area (Å²) >= 11 is 0. The Morgan fingerprint density at radius 1 is 0.581 bits per heavy atom. The van der Waals surface area contributed by atoms with Crippen LogP contribution in [0.25, 0.3) is 0 Å². The normalized spacial score (nSPS) is 8.42. The highest BCUT2D eigenvalue weighted by atomic mass is 16.7. The van der Waals surface area contributed by atoms with Crippen LogP contribution in [-0.4, -0.2) is 75.4 Å². The number of carbonyl (C=O) groups excluding carboxylic acids is 3. The van der Waals surface area contributed by atoms with Crippen LogP contribution in [0.1, 0.15) is 49.4 Å². The highest BCUT2D eigenvalue weighted by Gasteiger charge is 2.00. The Hall–Kier alpha value is -3.79. The number of carbonyl (C=O) groups is 1. The second kappa shape index (κ2) is 36.2. The van der Waals surface area contributed by atoms with Crippen LogP contribution in [-0.2, 0) is 72.9 Å². The second-order valence-corrected chi connectivity index (χ2v) is 6.62. The van der Waals surface area contributed by atoms with Gasteiger partial charge in [-0.2, -0.15) is 9.59 Å². The van der Waals surface area contributed by atoms with Gasteiger partial charge in [0.05, 0.1) is 14.2 Å². The number of ether oxygens (including phenoxy) is 5. The van der Waals surface area contributed by atoms with Crippen LogP contribution in [0.15, 0.2) is 49.6 Å². The van der Waals surface area contributed by atoms with E-state index in [-0.39, 0.29) is 40.8 Å². The smallest absolute Gasteiger partial charge is 0.461 e. The Labute approximate surface area is 252 Å². The zero-order valence-electron chi connectivity index (χ0n) is 24.0. The molecule has 3 rings (SSSR count). The topological polar surface area (TPSA) is 218 Å². The molecule has 3 heterocycles. The monoisotopic (exact) mass is 624 g/mol. The Bertz CT molecular complexity index is 956. The minimum atomic E-state index is -0.657. The lowest BCUT2D eigenvalue weighted by molar-refractivity contribution is -0.191. The van der Waals surface area contributed by atoms with Crippen molar-refractivity contribution in [2.45, 2.75) is 54.5 Å². The maximum absolute atomic E-state index is 9.74. The fraction of sp³-hybridized carbons (Fsp3) is 0.500. The van der Waals surface area contributed by atoms with Gasteiger partial charge in [-0.3, -0.25) is 0 Å². The molecule has 0 aliphatic heterocycles. The van der Waals surface area contributed by atoms with Crippen LogP contribution in [0.2, 0.25) is 0 Å². The first kappa shape index (κ1) is 48.9. The van der Waals surface area contributed by atoms with Crippen LogP contribution in [0.4, 0.5) is 4.79 Å². The zero-order chi connectivity index (χ0) is 31.9. The number of furan rings is 3. The van der Waals surface area contributed by atoms with Gasteiger partial charge in [0.2, 0.25) is 0 Å². The maximum atomic E-state index is 9.74. The van der Waals surface area contributed by atoms with Gasteiger partial charge in [0.15, 0.2) is 0 Å². The van der Waals surface area contributed by atoms with Gasteiger partial charge in [0.1, 0.15) is 74.2 Å². The highest BCUT2D eigenvalue weighted by Crippen LogP contribution is 2.09. The number of aliphatic hydroxyl groups excluding tert-OH is 4. The SMILES string of the molecule is C.C.CO.COC(=O)OC.COCc1ccc(CO)o1.COCc1ccc(COC)o1.O=C=O.OCc1ccc(CO)o1. The second-order valence-electron chi connectivity index (χ2n) is 6.62. The van der Waals surface area contributed by atoms with Crippen LogP contribution >= 0.6 is 0 Å². The molecule has 0 radical (unpaired) electrons.